The van der Waals surface area contributed by atoms with Crippen LogP contribution in [0, 0.1) is 0 Å². The van der Waals surface area contributed by atoms with Crippen molar-refractivity contribution in [3.8, 4) is 17.0 Å². The van der Waals surface area contributed by atoms with Crippen molar-refractivity contribution >= 4 is 21.7 Å². The largest absolute Gasteiger partial charge is 0.573 e. The number of nitrogens with zero attached hydrogens (tertiary/aromatic N) is 2. The van der Waals surface area contributed by atoms with Gasteiger partial charge in [-0.3, -0.25) is 4.68 Å². The number of hydrogen-bond acceptors (Lipinski definition) is 2. The van der Waals surface area contributed by atoms with E-state index in [1.54, 1.807) is 16.8 Å². The van der Waals surface area contributed by atoms with E-state index in [0.717, 1.165) is 32.9 Å². The third-order valence-electron chi connectivity index (χ3n) is 4.09. The summed E-state index contributed by atoms with van der Waals surface area (Å²) in [5, 5.41) is 7.69. The van der Waals surface area contributed by atoms with Gasteiger partial charge in [-0.05, 0) is 35.7 Å². The number of benzene rings is 3. The van der Waals surface area contributed by atoms with Crippen molar-refractivity contribution in [2.45, 2.75) is 6.36 Å². The Kier molecular flexibility index (Phi) is 3.42. The first-order valence-electron chi connectivity index (χ1n) is 7.63. The molecule has 0 saturated heterocycles. The predicted octanol–water partition coefficient (Wildman–Crippen LogP) is 5.29. The van der Waals surface area contributed by atoms with Crippen molar-refractivity contribution in [3.05, 3.63) is 60.7 Å². The predicted molar refractivity (Wildman–Crippen MR) is 90.3 cm³/mol. The summed E-state index contributed by atoms with van der Waals surface area (Å²) in [7, 11) is 1.82. The molecule has 25 heavy (non-hydrogen) atoms. The zero-order chi connectivity index (χ0) is 17.6. The number of halogens is 3. The zero-order valence-electron chi connectivity index (χ0n) is 13.2. The Labute approximate surface area is 141 Å². The highest BCUT2D eigenvalue weighted by Gasteiger charge is 2.31. The zero-order valence-corrected chi connectivity index (χ0v) is 13.2. The second kappa shape index (κ2) is 5.51. The lowest BCUT2D eigenvalue weighted by Crippen LogP contribution is -2.16. The fourth-order valence-corrected chi connectivity index (χ4v) is 3.09. The van der Waals surface area contributed by atoms with Gasteiger partial charge < -0.3 is 4.74 Å². The number of rotatable bonds is 2. The van der Waals surface area contributed by atoms with E-state index in [0.29, 0.717) is 0 Å². The molecule has 0 spiro atoms. The van der Waals surface area contributed by atoms with E-state index >= 15 is 0 Å². The van der Waals surface area contributed by atoms with Crippen molar-refractivity contribution in [2.75, 3.05) is 0 Å². The lowest BCUT2D eigenvalue weighted by Gasteiger charge is -2.09. The Bertz CT molecular complexity index is 1070. The average molecular weight is 342 g/mol. The maximum Gasteiger partial charge on any atom is 0.573 e. The van der Waals surface area contributed by atoms with Crippen molar-refractivity contribution in [1.29, 1.82) is 0 Å². The number of aryl methyl sites for hydroxylation is 1. The Morgan fingerprint density at radius 2 is 1.60 bits per heavy atom. The van der Waals surface area contributed by atoms with Gasteiger partial charge in [0, 0.05) is 23.4 Å². The smallest absolute Gasteiger partial charge is 0.406 e. The molecule has 0 fully saturated rings. The van der Waals surface area contributed by atoms with E-state index in [2.05, 4.69) is 9.84 Å². The number of alkyl halides is 3. The molecule has 126 valence electrons. The van der Waals surface area contributed by atoms with E-state index in [9.17, 15) is 13.2 Å². The molecular weight excluding hydrogens is 329 g/mol. The standard InChI is InChI=1S/C19H13F3N2O/c1-24-18(13-6-9-14(10-7-13)25-19(20,21)22)16-11-8-12-4-2-3-5-15(12)17(16)23-24/h2-11H,1H3. The van der Waals surface area contributed by atoms with Gasteiger partial charge in [0.05, 0.1) is 5.69 Å². The highest BCUT2D eigenvalue weighted by molar-refractivity contribution is 6.09. The van der Waals surface area contributed by atoms with E-state index in [1.165, 1.54) is 12.1 Å². The van der Waals surface area contributed by atoms with Crippen LogP contribution in [-0.2, 0) is 7.05 Å². The van der Waals surface area contributed by atoms with Crippen LogP contribution in [0.1, 0.15) is 0 Å². The summed E-state index contributed by atoms with van der Waals surface area (Å²) in [4.78, 5) is 0. The third kappa shape index (κ3) is 2.80. The molecule has 4 aromatic rings. The Morgan fingerprint density at radius 3 is 2.32 bits per heavy atom. The molecule has 1 heterocycles. The van der Waals surface area contributed by atoms with Gasteiger partial charge >= 0.3 is 6.36 Å². The highest BCUT2D eigenvalue weighted by atomic mass is 19.4. The minimum absolute atomic E-state index is 0.242. The molecule has 0 atom stereocenters. The van der Waals surface area contributed by atoms with E-state index < -0.39 is 6.36 Å². The molecule has 3 aromatic carbocycles. The van der Waals surface area contributed by atoms with Crippen LogP contribution >= 0.6 is 0 Å². The monoisotopic (exact) mass is 342 g/mol. The fourth-order valence-electron chi connectivity index (χ4n) is 3.09. The van der Waals surface area contributed by atoms with Gasteiger partial charge in [-0.25, -0.2) is 0 Å². The van der Waals surface area contributed by atoms with Crippen molar-refractivity contribution in [3.63, 3.8) is 0 Å². The van der Waals surface area contributed by atoms with Crippen molar-refractivity contribution < 1.29 is 17.9 Å². The lowest BCUT2D eigenvalue weighted by atomic mass is 10.0. The first kappa shape index (κ1) is 15.5. The SMILES string of the molecule is Cn1nc2c(ccc3ccccc32)c1-c1ccc(OC(F)(F)F)cc1. The van der Waals surface area contributed by atoms with E-state index in [-0.39, 0.29) is 5.75 Å². The fraction of sp³-hybridized carbons (Fsp3) is 0.105. The van der Waals surface area contributed by atoms with E-state index in [1.807, 2.05) is 43.4 Å². The van der Waals surface area contributed by atoms with Crippen LogP contribution in [0.4, 0.5) is 13.2 Å². The summed E-state index contributed by atoms with van der Waals surface area (Å²) in [6.45, 7) is 0. The number of hydrogen-bond donors (Lipinski definition) is 0. The Hall–Kier alpha value is -3.02. The summed E-state index contributed by atoms with van der Waals surface area (Å²) in [6, 6.07) is 17.8. The van der Waals surface area contributed by atoms with Gasteiger partial charge in [-0.2, -0.15) is 5.10 Å². The molecule has 0 radical (unpaired) electrons. The Morgan fingerprint density at radius 1 is 0.880 bits per heavy atom. The van der Waals surface area contributed by atoms with Crippen LogP contribution in [0.3, 0.4) is 0 Å². The van der Waals surface area contributed by atoms with Crippen molar-refractivity contribution in [2.24, 2.45) is 7.05 Å². The summed E-state index contributed by atoms with van der Waals surface area (Å²) in [5.41, 5.74) is 2.49. The first-order chi connectivity index (χ1) is 11.9. The molecule has 0 saturated carbocycles. The van der Waals surface area contributed by atoms with Crippen LogP contribution < -0.4 is 4.74 Å². The molecule has 0 aliphatic carbocycles. The summed E-state index contributed by atoms with van der Waals surface area (Å²) < 4.78 is 42.6. The summed E-state index contributed by atoms with van der Waals surface area (Å²) in [5.74, 6) is -0.242. The maximum absolute atomic E-state index is 12.3. The first-order valence-corrected chi connectivity index (χ1v) is 7.63. The minimum atomic E-state index is -4.69. The van der Waals surface area contributed by atoms with Crippen molar-refractivity contribution in [1.82, 2.24) is 9.78 Å². The average Bonchev–Trinajstić information content (AvgIpc) is 2.91. The van der Waals surface area contributed by atoms with Gasteiger partial charge in [0.25, 0.3) is 0 Å². The summed E-state index contributed by atoms with van der Waals surface area (Å²) in [6.07, 6.45) is -4.69. The molecule has 0 amide bonds. The molecule has 1 aromatic heterocycles. The molecule has 4 rings (SSSR count). The molecule has 0 bridgehead atoms. The van der Waals surface area contributed by atoms with Gasteiger partial charge in [-0.15, -0.1) is 13.2 Å². The normalized spacial score (nSPS) is 12.0. The van der Waals surface area contributed by atoms with Gasteiger partial charge in [0.15, 0.2) is 0 Å². The van der Waals surface area contributed by atoms with Crippen LogP contribution in [0.5, 0.6) is 5.75 Å². The number of aromatic nitrogens is 2. The van der Waals surface area contributed by atoms with Crippen LogP contribution in [0.25, 0.3) is 32.9 Å². The van der Waals surface area contributed by atoms with Crippen LogP contribution in [-0.4, -0.2) is 16.1 Å². The third-order valence-corrected chi connectivity index (χ3v) is 4.09. The number of ether oxygens (including phenoxy) is 1. The number of fused-ring (bicyclic) bond motifs is 3. The molecule has 6 heteroatoms. The lowest BCUT2D eigenvalue weighted by molar-refractivity contribution is -0.274. The molecule has 0 N–H and O–H groups in total. The minimum Gasteiger partial charge on any atom is -0.406 e. The second-order valence-electron chi connectivity index (χ2n) is 5.73. The quantitative estimate of drug-likeness (QED) is 0.495. The second-order valence-corrected chi connectivity index (χ2v) is 5.73. The van der Waals surface area contributed by atoms with Crippen LogP contribution in [0.15, 0.2) is 60.7 Å². The topological polar surface area (TPSA) is 27.1 Å². The molecular formula is C19H13F3N2O. The molecule has 0 aliphatic heterocycles. The van der Waals surface area contributed by atoms with Gasteiger partial charge in [0.2, 0.25) is 0 Å². The van der Waals surface area contributed by atoms with Gasteiger partial charge in [-0.1, -0.05) is 30.3 Å². The molecule has 0 aliphatic rings. The maximum atomic E-state index is 12.3. The molecule has 0 unspecified atom stereocenters. The summed E-state index contributed by atoms with van der Waals surface area (Å²) >= 11 is 0. The van der Waals surface area contributed by atoms with Crippen LogP contribution in [0.2, 0.25) is 0 Å². The van der Waals surface area contributed by atoms with E-state index in [4.69, 9.17) is 0 Å². The Balaban J connectivity index is 1.84. The molecule has 3 nitrogen and oxygen atoms in total. The highest BCUT2D eigenvalue weighted by Crippen LogP contribution is 2.33. The van der Waals surface area contributed by atoms with Gasteiger partial charge in [0.1, 0.15) is 11.3 Å².